The van der Waals surface area contributed by atoms with Gasteiger partial charge in [0.05, 0.1) is 22.0 Å². The number of aromatic nitrogens is 2. The molecule has 3 unspecified atom stereocenters. The van der Waals surface area contributed by atoms with Crippen molar-refractivity contribution in [3.8, 4) is 11.8 Å². The van der Waals surface area contributed by atoms with Crippen molar-refractivity contribution in [2.45, 2.75) is 112 Å². The number of nitrogens with zero attached hydrogens (tertiary/aromatic N) is 7. The number of ketones is 3. The van der Waals surface area contributed by atoms with Crippen LogP contribution in [0.2, 0.25) is 5.02 Å². The number of hydrogen-bond acceptors (Lipinski definition) is 13. The molecule has 2 fully saturated rings. The average Bonchev–Trinajstić information content (AvgIpc) is 3.34. The summed E-state index contributed by atoms with van der Waals surface area (Å²) in [5, 5.41) is 20.8. The van der Waals surface area contributed by atoms with Crippen molar-refractivity contribution in [3.63, 3.8) is 0 Å². The molecule has 4 aromatic rings. The van der Waals surface area contributed by atoms with Gasteiger partial charge in [0.15, 0.2) is 5.78 Å². The van der Waals surface area contributed by atoms with Crippen molar-refractivity contribution in [1.82, 2.24) is 14.9 Å². The zero-order valence-corrected chi connectivity index (χ0v) is 43.9. The molecule has 13 nitrogen and oxygen atoms in total. The molecule has 69 heavy (non-hydrogen) atoms. The Bertz CT molecular complexity index is 2400. The van der Waals surface area contributed by atoms with Gasteiger partial charge in [-0.25, -0.2) is 9.97 Å². The third kappa shape index (κ3) is 15.2. The molecule has 0 amide bonds. The van der Waals surface area contributed by atoms with Gasteiger partial charge in [0.2, 0.25) is 0 Å². The van der Waals surface area contributed by atoms with Crippen LogP contribution < -0.4 is 20.0 Å². The highest BCUT2D eigenvalue weighted by atomic mass is 35.5. The molecule has 0 aliphatic carbocycles. The number of carbonyl (C=O) groups is 3. The zero-order chi connectivity index (χ0) is 50.5. The van der Waals surface area contributed by atoms with E-state index < -0.39 is 9.58 Å². The quantitative estimate of drug-likeness (QED) is 0.0334. The summed E-state index contributed by atoms with van der Waals surface area (Å²) in [6.45, 7) is 22.8. The number of hydroxylamine groups is 1. The van der Waals surface area contributed by atoms with Gasteiger partial charge in [-0.1, -0.05) is 84.3 Å². The predicted octanol–water partition coefficient (Wildman–Crippen LogP) is 10.7. The smallest absolute Gasteiger partial charge is 0.273 e. The molecule has 0 radical (unpaired) electrons. The van der Waals surface area contributed by atoms with Crippen molar-refractivity contribution in [2.24, 2.45) is 17.8 Å². The Morgan fingerprint density at radius 1 is 0.971 bits per heavy atom. The standard InChI is InChI=1S/C45H58ClN8O3S.C9H16O2/c1-7-31(3)43(55)39-10-9-11-41(38(39)8-2)52-24-22-51(23-25-52)29-32-17-20-53(21-18-32)42-33(28-47)26-35(27-40(42)46)45(4,5)34-12-14-37(15-13-34)57-30-36-16-19-48-44(49-36)50-54(6,56)58;1-4-9(11)6-5-7(2)8(3)10/h9-16,19,26-27,31-32,56,58H,7-8,17-18,20-25,29-30H2,1-6H3,(H,48,49,50);7H,4-6H2,1-3H3/q+1;. The van der Waals surface area contributed by atoms with E-state index in [1.807, 2.05) is 63.2 Å². The van der Waals surface area contributed by atoms with Crippen LogP contribution in [0.4, 0.5) is 17.3 Å². The summed E-state index contributed by atoms with van der Waals surface area (Å²) in [5.74, 6) is 2.27. The lowest BCUT2D eigenvalue weighted by molar-refractivity contribution is -0.955. The van der Waals surface area contributed by atoms with Crippen LogP contribution in [0.3, 0.4) is 0 Å². The summed E-state index contributed by atoms with van der Waals surface area (Å²) in [6, 6.07) is 22.4. The first kappa shape index (κ1) is 54.9. The van der Waals surface area contributed by atoms with Gasteiger partial charge in [-0.3, -0.25) is 19.3 Å². The number of ether oxygens (including phenoxy) is 1. The summed E-state index contributed by atoms with van der Waals surface area (Å²) in [7, 11) is 1.43. The summed E-state index contributed by atoms with van der Waals surface area (Å²) in [6.07, 6.45) is 7.25. The van der Waals surface area contributed by atoms with Crippen LogP contribution >= 0.6 is 24.4 Å². The average molecular weight is 983 g/mol. The Kier molecular flexibility index (Phi) is 20.0. The Labute approximate surface area is 421 Å². The Hall–Kier alpha value is -5.04. The molecule has 3 heterocycles. The first-order valence-electron chi connectivity index (χ1n) is 24.6. The van der Waals surface area contributed by atoms with Crippen molar-refractivity contribution in [2.75, 3.05) is 68.1 Å². The maximum absolute atomic E-state index is 13.2. The van der Waals surface area contributed by atoms with Gasteiger partial charge in [-0.05, 0) is 102 Å². The molecule has 1 aromatic heterocycles. The molecule has 3 atom stereocenters. The van der Waals surface area contributed by atoms with Gasteiger partial charge in [0, 0.05) is 93.4 Å². The van der Waals surface area contributed by atoms with E-state index in [2.05, 4.69) is 88.8 Å². The van der Waals surface area contributed by atoms with E-state index in [1.165, 1.54) is 18.3 Å². The van der Waals surface area contributed by atoms with E-state index in [0.29, 0.717) is 47.2 Å². The SMILES string of the molecule is CCC(=O)CCC(C)C(C)=O.CCc1c(C(=O)C(C)CC)cccc1N1CCN(CC2CCN(c3c(Cl)cc(C(C)(C)c4ccc(OCc5ccnc(N[N+](C)(O)S)n5)cc4)cc3C#N)CC2)CC1. The number of anilines is 3. The molecule has 2 N–H and O–H groups in total. The van der Waals surface area contributed by atoms with E-state index in [9.17, 15) is 24.9 Å². The lowest BCUT2D eigenvalue weighted by Crippen LogP contribution is -2.49. The fourth-order valence-electron chi connectivity index (χ4n) is 8.94. The van der Waals surface area contributed by atoms with E-state index >= 15 is 0 Å². The number of quaternary nitrogens is 1. The topological polar surface area (TPSA) is 152 Å². The minimum atomic E-state index is -0.800. The van der Waals surface area contributed by atoms with Crippen LogP contribution in [0.15, 0.2) is 66.9 Å². The number of piperidine rings is 1. The lowest BCUT2D eigenvalue weighted by atomic mass is 9.77. The van der Waals surface area contributed by atoms with E-state index in [-0.39, 0.29) is 41.7 Å². The number of carbonyl (C=O) groups excluding carboxylic acids is 3. The van der Waals surface area contributed by atoms with Crippen molar-refractivity contribution in [3.05, 3.63) is 105 Å². The Morgan fingerprint density at radius 3 is 2.25 bits per heavy atom. The third-order valence-electron chi connectivity index (χ3n) is 13.8. The van der Waals surface area contributed by atoms with Crippen LogP contribution in [-0.4, -0.2) is 94.4 Å². The third-order valence-corrected chi connectivity index (χ3v) is 14.2. The van der Waals surface area contributed by atoms with Gasteiger partial charge in [0.25, 0.3) is 5.95 Å². The van der Waals surface area contributed by atoms with Gasteiger partial charge in [-0.2, -0.15) is 15.9 Å². The molecule has 15 heteroatoms. The molecule has 2 aliphatic heterocycles. The number of piperazine rings is 1. The molecule has 2 saturated heterocycles. The van der Waals surface area contributed by atoms with Crippen molar-refractivity contribution < 1.29 is 28.5 Å². The van der Waals surface area contributed by atoms with Crippen molar-refractivity contribution in [1.29, 1.82) is 5.26 Å². The number of halogens is 1. The van der Waals surface area contributed by atoms with Crippen LogP contribution in [0.5, 0.6) is 5.75 Å². The molecule has 0 spiro atoms. The normalized spacial score (nSPS) is 16.3. The molecule has 3 aromatic carbocycles. The number of Topliss-reactive ketones (excluding diaryl/α,β-unsaturated/α-hetero) is 3. The molecular weight excluding hydrogens is 908 g/mol. The molecular formula is C54H74ClN8O5S+. The van der Waals surface area contributed by atoms with Crippen LogP contribution in [0, 0.1) is 29.1 Å². The zero-order valence-electron chi connectivity index (χ0n) is 42.2. The monoisotopic (exact) mass is 982 g/mol. The molecule has 0 saturated carbocycles. The highest BCUT2D eigenvalue weighted by Crippen LogP contribution is 2.40. The van der Waals surface area contributed by atoms with Gasteiger partial charge in [-0.15, -0.1) is 0 Å². The fourth-order valence-corrected chi connectivity index (χ4v) is 9.36. The molecule has 2 aliphatic rings. The first-order chi connectivity index (χ1) is 32.8. The minimum absolute atomic E-state index is 0.0384. The van der Waals surface area contributed by atoms with Crippen LogP contribution in [0.25, 0.3) is 0 Å². The number of rotatable bonds is 20. The first-order valence-corrected chi connectivity index (χ1v) is 25.4. The van der Waals surface area contributed by atoms with Gasteiger partial charge >= 0.3 is 0 Å². The highest BCUT2D eigenvalue weighted by molar-refractivity contribution is 7.74. The number of hydrogen-bond donors (Lipinski definition) is 3. The summed E-state index contributed by atoms with van der Waals surface area (Å²) in [5.41, 5.74) is 9.64. The van der Waals surface area contributed by atoms with Crippen LogP contribution in [0.1, 0.15) is 132 Å². The second-order valence-corrected chi connectivity index (χ2v) is 20.5. The van der Waals surface area contributed by atoms with Gasteiger partial charge < -0.3 is 14.5 Å². The predicted molar refractivity (Wildman–Crippen MR) is 279 cm³/mol. The Balaban J connectivity index is 0.000000718. The number of nitriles is 1. The highest BCUT2D eigenvalue weighted by Gasteiger charge is 2.30. The van der Waals surface area contributed by atoms with Gasteiger partial charge in [0.1, 0.15) is 49.9 Å². The largest absolute Gasteiger partial charge is 0.487 e. The van der Waals surface area contributed by atoms with Crippen molar-refractivity contribution >= 4 is 59.1 Å². The van der Waals surface area contributed by atoms with E-state index in [0.717, 1.165) is 93.9 Å². The lowest BCUT2D eigenvalue weighted by Gasteiger charge is -2.41. The second kappa shape index (κ2) is 25.2. The Morgan fingerprint density at radius 2 is 1.65 bits per heavy atom. The molecule has 6 rings (SSSR count). The maximum Gasteiger partial charge on any atom is 0.273 e. The maximum atomic E-state index is 13.2. The van der Waals surface area contributed by atoms with Crippen LogP contribution in [-0.2, 0) is 28.0 Å². The van der Waals surface area contributed by atoms with E-state index in [1.54, 1.807) is 19.2 Å². The summed E-state index contributed by atoms with van der Waals surface area (Å²) < 4.78 is 5.20. The van der Waals surface area contributed by atoms with E-state index in [4.69, 9.17) is 16.3 Å². The summed E-state index contributed by atoms with van der Waals surface area (Å²) >= 11 is 11.1. The summed E-state index contributed by atoms with van der Waals surface area (Å²) in [4.78, 5) is 50.6. The molecule has 0 bridgehead atoms. The fraction of sp³-hybridized carbons (Fsp3) is 0.519. The number of nitrogens with one attached hydrogen (secondary N) is 1. The minimum Gasteiger partial charge on any atom is -0.487 e. The number of benzene rings is 3. The molecule has 372 valence electrons. The second-order valence-electron chi connectivity index (χ2n) is 19.3. The number of thiol groups is 1.